The number of carbonyl (C=O) groups is 1. The van der Waals surface area contributed by atoms with Crippen molar-refractivity contribution in [2.75, 3.05) is 0 Å². The van der Waals surface area contributed by atoms with Gasteiger partial charge in [0.25, 0.3) is 0 Å². The first-order valence-electron chi connectivity index (χ1n) is 6.33. The number of Topliss-reactive ketones (excluding diaryl/α,β-unsaturated/α-hetero) is 1. The van der Waals surface area contributed by atoms with E-state index in [0.717, 1.165) is 10.9 Å². The summed E-state index contributed by atoms with van der Waals surface area (Å²) in [5.41, 5.74) is 6.79. The Morgan fingerprint density at radius 3 is 2.48 bits per heavy atom. The third kappa shape index (κ3) is 3.61. The number of H-pyrrole nitrogens is 1. The SMILES string of the molecule is C[C@@H](O)[C@@H](O)[C@H](O)[C@@H](N)C(=O)c1ccc2cc[nH]c2c1.Cl. The molecule has 1 aromatic carbocycles. The number of ketones is 1. The number of rotatable bonds is 5. The van der Waals surface area contributed by atoms with Crippen molar-refractivity contribution in [1.82, 2.24) is 4.98 Å². The van der Waals surface area contributed by atoms with Gasteiger partial charge in [-0.15, -0.1) is 12.4 Å². The van der Waals surface area contributed by atoms with E-state index >= 15 is 0 Å². The van der Waals surface area contributed by atoms with Crippen LogP contribution in [0.4, 0.5) is 0 Å². The smallest absolute Gasteiger partial charge is 0.182 e. The number of aliphatic hydroxyl groups is 3. The number of benzene rings is 1. The second-order valence-corrected chi connectivity index (χ2v) is 4.89. The minimum atomic E-state index is -1.53. The molecule has 0 fully saturated rings. The lowest BCUT2D eigenvalue weighted by Crippen LogP contribution is -2.51. The van der Waals surface area contributed by atoms with Gasteiger partial charge in [0.05, 0.1) is 12.1 Å². The van der Waals surface area contributed by atoms with Crippen molar-refractivity contribution >= 4 is 29.1 Å². The van der Waals surface area contributed by atoms with Crippen LogP contribution in [-0.2, 0) is 0 Å². The summed E-state index contributed by atoms with van der Waals surface area (Å²) in [6.45, 7) is 1.32. The number of hydrogen-bond acceptors (Lipinski definition) is 5. The molecule has 2 rings (SSSR count). The van der Waals surface area contributed by atoms with Crippen molar-refractivity contribution in [1.29, 1.82) is 0 Å². The molecule has 0 bridgehead atoms. The van der Waals surface area contributed by atoms with Crippen molar-refractivity contribution in [2.45, 2.75) is 31.3 Å². The predicted molar refractivity (Wildman–Crippen MR) is 81.5 cm³/mol. The van der Waals surface area contributed by atoms with Crippen LogP contribution >= 0.6 is 12.4 Å². The minimum absolute atomic E-state index is 0. The topological polar surface area (TPSA) is 120 Å². The highest BCUT2D eigenvalue weighted by Crippen LogP contribution is 2.16. The van der Waals surface area contributed by atoms with E-state index in [1.54, 1.807) is 24.4 Å². The molecule has 6 N–H and O–H groups in total. The van der Waals surface area contributed by atoms with Gasteiger partial charge in [-0.2, -0.15) is 0 Å². The number of carbonyl (C=O) groups excluding carboxylic acids is 1. The third-order valence-corrected chi connectivity index (χ3v) is 3.35. The lowest BCUT2D eigenvalue weighted by molar-refractivity contribution is -0.0568. The minimum Gasteiger partial charge on any atom is -0.391 e. The monoisotopic (exact) mass is 314 g/mol. The predicted octanol–water partition coefficient (Wildman–Crippen LogP) is 0.202. The molecule has 7 heteroatoms. The molecule has 116 valence electrons. The van der Waals surface area contributed by atoms with E-state index in [9.17, 15) is 20.1 Å². The van der Waals surface area contributed by atoms with Crippen LogP contribution in [0.15, 0.2) is 30.5 Å². The Labute approximate surface area is 128 Å². The zero-order valence-corrected chi connectivity index (χ0v) is 12.2. The summed E-state index contributed by atoms with van der Waals surface area (Å²) in [7, 11) is 0. The van der Waals surface area contributed by atoms with Gasteiger partial charge < -0.3 is 26.0 Å². The third-order valence-electron chi connectivity index (χ3n) is 3.35. The number of aromatic amines is 1. The van der Waals surface area contributed by atoms with Crippen molar-refractivity contribution in [3.8, 4) is 0 Å². The maximum absolute atomic E-state index is 12.2. The van der Waals surface area contributed by atoms with Crippen LogP contribution in [0.25, 0.3) is 10.9 Å². The van der Waals surface area contributed by atoms with Gasteiger partial charge in [0.2, 0.25) is 0 Å². The number of nitrogens with one attached hydrogen (secondary N) is 1. The highest BCUT2D eigenvalue weighted by atomic mass is 35.5. The molecule has 2 aromatic rings. The first-order valence-corrected chi connectivity index (χ1v) is 6.33. The first kappa shape index (κ1) is 17.6. The lowest BCUT2D eigenvalue weighted by Gasteiger charge is -2.24. The van der Waals surface area contributed by atoms with E-state index in [-0.39, 0.29) is 12.4 Å². The van der Waals surface area contributed by atoms with Gasteiger partial charge in [0.1, 0.15) is 12.2 Å². The zero-order valence-electron chi connectivity index (χ0n) is 11.4. The Morgan fingerprint density at radius 1 is 1.19 bits per heavy atom. The number of fused-ring (bicyclic) bond motifs is 1. The molecular formula is C14H19ClN2O4. The number of halogens is 1. The molecule has 0 unspecified atom stereocenters. The second kappa shape index (κ2) is 7.02. The molecule has 0 aliphatic carbocycles. The summed E-state index contributed by atoms with van der Waals surface area (Å²) >= 11 is 0. The molecule has 0 amide bonds. The molecule has 0 aliphatic heterocycles. The molecule has 21 heavy (non-hydrogen) atoms. The maximum atomic E-state index is 12.2. The van der Waals surface area contributed by atoms with Crippen LogP contribution in [0.3, 0.4) is 0 Å². The van der Waals surface area contributed by atoms with E-state index in [0.29, 0.717) is 5.56 Å². The highest BCUT2D eigenvalue weighted by molar-refractivity contribution is 6.02. The molecule has 0 radical (unpaired) electrons. The number of aromatic nitrogens is 1. The molecule has 6 nitrogen and oxygen atoms in total. The number of aliphatic hydroxyl groups excluding tert-OH is 3. The molecule has 0 saturated heterocycles. The van der Waals surface area contributed by atoms with Crippen molar-refractivity contribution in [3.63, 3.8) is 0 Å². The zero-order chi connectivity index (χ0) is 14.9. The first-order chi connectivity index (χ1) is 9.41. The molecular weight excluding hydrogens is 296 g/mol. The Morgan fingerprint density at radius 2 is 1.86 bits per heavy atom. The van der Waals surface area contributed by atoms with Crippen molar-refractivity contribution in [2.24, 2.45) is 5.73 Å². The summed E-state index contributed by atoms with van der Waals surface area (Å²) in [5, 5.41) is 29.5. The summed E-state index contributed by atoms with van der Waals surface area (Å²) < 4.78 is 0. The van der Waals surface area contributed by atoms with Gasteiger partial charge in [-0.1, -0.05) is 12.1 Å². The standard InChI is InChI=1S/C14H18N2O4.ClH/c1-7(17)12(18)14(20)11(15)13(19)9-3-2-8-4-5-16-10(8)6-9;/h2-7,11-12,14,16-18,20H,15H2,1H3;1H/t7-,11+,12-,14-;/m1./s1. The summed E-state index contributed by atoms with van der Waals surface area (Å²) in [6, 6.07) is 5.59. The number of nitrogens with two attached hydrogens (primary N) is 1. The fourth-order valence-corrected chi connectivity index (χ4v) is 2.05. The summed E-state index contributed by atoms with van der Waals surface area (Å²) in [4.78, 5) is 15.2. The van der Waals surface area contributed by atoms with Gasteiger partial charge in [-0.3, -0.25) is 4.79 Å². The molecule has 0 spiro atoms. The molecule has 0 aliphatic rings. The van der Waals surface area contributed by atoms with Gasteiger partial charge in [-0.05, 0) is 24.4 Å². The van der Waals surface area contributed by atoms with Gasteiger partial charge >= 0.3 is 0 Å². The Bertz CT molecular complexity index is 614. The fraction of sp³-hybridized carbons (Fsp3) is 0.357. The van der Waals surface area contributed by atoms with E-state index in [1.807, 2.05) is 6.07 Å². The largest absolute Gasteiger partial charge is 0.391 e. The second-order valence-electron chi connectivity index (χ2n) is 4.89. The van der Waals surface area contributed by atoms with Gasteiger partial charge in [0.15, 0.2) is 5.78 Å². The lowest BCUT2D eigenvalue weighted by atomic mass is 9.95. The Kier molecular flexibility index (Phi) is 5.88. The van der Waals surface area contributed by atoms with Crippen molar-refractivity contribution in [3.05, 3.63) is 36.0 Å². The quantitative estimate of drug-likeness (QED) is 0.505. The van der Waals surface area contributed by atoms with Crippen LogP contribution < -0.4 is 5.73 Å². The highest BCUT2D eigenvalue weighted by Gasteiger charge is 2.32. The average Bonchev–Trinajstić information content (AvgIpc) is 2.91. The van der Waals surface area contributed by atoms with Crippen LogP contribution in [-0.4, -0.2) is 50.4 Å². The fourth-order valence-electron chi connectivity index (χ4n) is 2.05. The Balaban J connectivity index is 0.00000220. The van der Waals surface area contributed by atoms with E-state index in [1.165, 1.54) is 6.92 Å². The van der Waals surface area contributed by atoms with E-state index in [4.69, 9.17) is 5.73 Å². The number of hydrogen-bond donors (Lipinski definition) is 5. The molecule has 1 heterocycles. The summed E-state index contributed by atoms with van der Waals surface area (Å²) in [5.74, 6) is -0.492. The van der Waals surface area contributed by atoms with E-state index in [2.05, 4.69) is 4.98 Å². The van der Waals surface area contributed by atoms with Crippen LogP contribution in [0, 0.1) is 0 Å². The van der Waals surface area contributed by atoms with Crippen LogP contribution in [0.5, 0.6) is 0 Å². The summed E-state index contributed by atoms with van der Waals surface area (Å²) in [6.07, 6.45) is -2.41. The van der Waals surface area contributed by atoms with Crippen LogP contribution in [0.2, 0.25) is 0 Å². The normalized spacial score (nSPS) is 16.8. The van der Waals surface area contributed by atoms with Gasteiger partial charge in [0, 0.05) is 17.3 Å². The maximum Gasteiger partial charge on any atom is 0.182 e. The van der Waals surface area contributed by atoms with Crippen LogP contribution in [0.1, 0.15) is 17.3 Å². The molecule has 1 aromatic heterocycles. The van der Waals surface area contributed by atoms with Gasteiger partial charge in [-0.25, -0.2) is 0 Å². The van der Waals surface area contributed by atoms with E-state index < -0.39 is 30.1 Å². The molecule has 0 saturated carbocycles. The average molecular weight is 315 g/mol. The Hall–Kier alpha value is -1.44. The molecule has 4 atom stereocenters. The van der Waals surface area contributed by atoms with Crippen molar-refractivity contribution < 1.29 is 20.1 Å².